The molecule has 1 unspecified atom stereocenters. The Balaban J connectivity index is 1.93. The van der Waals surface area contributed by atoms with Gasteiger partial charge in [0.2, 0.25) is 11.8 Å². The number of nitrogens with zero attached hydrogens (tertiary/aromatic N) is 1. The average Bonchev–Trinajstić information content (AvgIpc) is 2.40. The first-order valence-corrected chi connectivity index (χ1v) is 8.05. The quantitative estimate of drug-likeness (QED) is 0.570. The SMILES string of the molecule is CS(=O)(=O)OCc1ccc(NC2CCC(=O)NC2=O)cn1. The van der Waals surface area contributed by atoms with Gasteiger partial charge in [0.1, 0.15) is 12.6 Å². The summed E-state index contributed by atoms with van der Waals surface area (Å²) in [5, 5.41) is 5.22. The number of piperidine rings is 1. The second-order valence-electron chi connectivity index (χ2n) is 4.65. The summed E-state index contributed by atoms with van der Waals surface area (Å²) >= 11 is 0. The van der Waals surface area contributed by atoms with Gasteiger partial charge in [-0.2, -0.15) is 8.42 Å². The van der Waals surface area contributed by atoms with Crippen LogP contribution in [0.1, 0.15) is 18.5 Å². The highest BCUT2D eigenvalue weighted by atomic mass is 32.2. The summed E-state index contributed by atoms with van der Waals surface area (Å²) in [5.41, 5.74) is 1.06. The molecule has 1 aromatic rings. The van der Waals surface area contributed by atoms with Crippen LogP contribution < -0.4 is 10.6 Å². The molecule has 114 valence electrons. The Hall–Kier alpha value is -2.00. The fourth-order valence-corrected chi connectivity index (χ4v) is 2.13. The maximum Gasteiger partial charge on any atom is 0.264 e. The first-order chi connectivity index (χ1) is 9.83. The molecular weight excluding hydrogens is 298 g/mol. The molecule has 0 radical (unpaired) electrons. The van der Waals surface area contributed by atoms with Crippen LogP contribution in [0.4, 0.5) is 5.69 Å². The smallest absolute Gasteiger partial charge is 0.264 e. The van der Waals surface area contributed by atoms with Crippen LogP contribution in [-0.4, -0.2) is 37.5 Å². The molecule has 2 rings (SSSR count). The topological polar surface area (TPSA) is 114 Å². The van der Waals surface area contributed by atoms with Crippen molar-refractivity contribution in [1.82, 2.24) is 10.3 Å². The summed E-state index contributed by atoms with van der Waals surface area (Å²) in [6, 6.07) is 2.78. The standard InChI is InChI=1S/C12H15N3O5S/c1-21(18,19)20-7-9-3-2-8(6-13-9)14-10-4-5-11(16)15-12(10)17/h2-3,6,10,14H,4-5,7H2,1H3,(H,15,16,17). The summed E-state index contributed by atoms with van der Waals surface area (Å²) < 4.78 is 26.3. The number of amides is 2. The first kappa shape index (κ1) is 15.4. The zero-order valence-corrected chi connectivity index (χ0v) is 12.1. The molecule has 0 saturated carbocycles. The van der Waals surface area contributed by atoms with Gasteiger partial charge in [-0.25, -0.2) is 0 Å². The highest BCUT2D eigenvalue weighted by molar-refractivity contribution is 7.85. The minimum absolute atomic E-state index is 0.141. The number of carbonyl (C=O) groups excluding carboxylic acids is 2. The van der Waals surface area contributed by atoms with E-state index in [0.29, 0.717) is 17.8 Å². The van der Waals surface area contributed by atoms with Gasteiger partial charge in [-0.3, -0.25) is 24.1 Å². The number of pyridine rings is 1. The van der Waals surface area contributed by atoms with E-state index in [1.165, 1.54) is 6.20 Å². The lowest BCUT2D eigenvalue weighted by Crippen LogP contribution is -2.47. The summed E-state index contributed by atoms with van der Waals surface area (Å²) in [6.45, 7) is -0.141. The Morgan fingerprint density at radius 3 is 2.76 bits per heavy atom. The van der Waals surface area contributed by atoms with Crippen LogP contribution in [0.15, 0.2) is 18.3 Å². The highest BCUT2D eigenvalue weighted by Crippen LogP contribution is 2.13. The predicted octanol–water partition coefficient (Wildman–Crippen LogP) is -0.225. The zero-order valence-electron chi connectivity index (χ0n) is 11.3. The van der Waals surface area contributed by atoms with Crippen LogP contribution in [0.2, 0.25) is 0 Å². The van der Waals surface area contributed by atoms with E-state index in [0.717, 1.165) is 6.26 Å². The molecule has 2 N–H and O–H groups in total. The van der Waals surface area contributed by atoms with E-state index in [4.69, 9.17) is 0 Å². The van der Waals surface area contributed by atoms with Gasteiger partial charge in [0.15, 0.2) is 0 Å². The molecule has 2 amide bonds. The van der Waals surface area contributed by atoms with Gasteiger partial charge < -0.3 is 5.32 Å². The van der Waals surface area contributed by atoms with E-state index in [1.54, 1.807) is 12.1 Å². The number of imide groups is 1. The molecule has 1 fully saturated rings. The van der Waals surface area contributed by atoms with Crippen LogP contribution in [0.5, 0.6) is 0 Å². The molecule has 0 aliphatic carbocycles. The van der Waals surface area contributed by atoms with E-state index in [2.05, 4.69) is 19.8 Å². The number of rotatable bonds is 5. The molecule has 2 heterocycles. The van der Waals surface area contributed by atoms with Gasteiger partial charge in [0.25, 0.3) is 10.1 Å². The van der Waals surface area contributed by atoms with Gasteiger partial charge in [-0.1, -0.05) is 0 Å². The van der Waals surface area contributed by atoms with Crippen molar-refractivity contribution in [2.75, 3.05) is 11.6 Å². The zero-order chi connectivity index (χ0) is 15.5. The Bertz CT molecular complexity index is 641. The van der Waals surface area contributed by atoms with Crippen molar-refractivity contribution in [3.63, 3.8) is 0 Å². The number of carbonyl (C=O) groups is 2. The maximum absolute atomic E-state index is 11.6. The van der Waals surface area contributed by atoms with Crippen LogP contribution in [0.3, 0.4) is 0 Å². The van der Waals surface area contributed by atoms with Gasteiger partial charge in [-0.05, 0) is 18.6 Å². The van der Waals surface area contributed by atoms with Crippen LogP contribution in [0, 0.1) is 0 Å². The van der Waals surface area contributed by atoms with Crippen molar-refractivity contribution in [2.45, 2.75) is 25.5 Å². The number of hydrogen-bond acceptors (Lipinski definition) is 7. The van der Waals surface area contributed by atoms with Crippen molar-refractivity contribution in [2.24, 2.45) is 0 Å². The lowest BCUT2D eigenvalue weighted by molar-refractivity contribution is -0.133. The van der Waals surface area contributed by atoms with Crippen molar-refractivity contribution in [3.8, 4) is 0 Å². The molecule has 21 heavy (non-hydrogen) atoms. The molecule has 0 aromatic carbocycles. The van der Waals surface area contributed by atoms with Crippen molar-refractivity contribution >= 4 is 27.6 Å². The molecule has 9 heteroatoms. The Labute approximate surface area is 122 Å². The average molecular weight is 313 g/mol. The molecular formula is C12H15N3O5S. The summed E-state index contributed by atoms with van der Waals surface area (Å²) in [4.78, 5) is 26.7. The van der Waals surface area contributed by atoms with Crippen molar-refractivity contribution < 1.29 is 22.2 Å². The lowest BCUT2D eigenvalue weighted by atomic mass is 10.1. The van der Waals surface area contributed by atoms with Gasteiger partial charge >= 0.3 is 0 Å². The van der Waals surface area contributed by atoms with Gasteiger partial charge in [0.05, 0.1) is 23.8 Å². The number of aromatic nitrogens is 1. The molecule has 1 atom stereocenters. The Kier molecular flexibility index (Phi) is 4.53. The number of anilines is 1. The number of nitrogens with one attached hydrogen (secondary N) is 2. The lowest BCUT2D eigenvalue weighted by Gasteiger charge is -2.22. The van der Waals surface area contributed by atoms with Crippen molar-refractivity contribution in [1.29, 1.82) is 0 Å². The third-order valence-electron chi connectivity index (χ3n) is 2.83. The minimum Gasteiger partial charge on any atom is -0.372 e. The van der Waals surface area contributed by atoms with Crippen LogP contribution >= 0.6 is 0 Å². The molecule has 0 bridgehead atoms. The number of hydrogen-bond donors (Lipinski definition) is 2. The molecule has 1 saturated heterocycles. The molecule has 1 aromatic heterocycles. The first-order valence-electron chi connectivity index (χ1n) is 6.23. The minimum atomic E-state index is -3.51. The van der Waals surface area contributed by atoms with Gasteiger partial charge in [-0.15, -0.1) is 0 Å². The second kappa shape index (κ2) is 6.19. The Morgan fingerprint density at radius 1 is 1.43 bits per heavy atom. The monoisotopic (exact) mass is 313 g/mol. The van der Waals surface area contributed by atoms with E-state index >= 15 is 0 Å². The molecule has 1 aliphatic heterocycles. The van der Waals surface area contributed by atoms with E-state index in [9.17, 15) is 18.0 Å². The molecule has 0 spiro atoms. The fourth-order valence-electron chi connectivity index (χ4n) is 1.80. The third-order valence-corrected chi connectivity index (χ3v) is 3.37. The molecule has 1 aliphatic rings. The van der Waals surface area contributed by atoms with E-state index < -0.39 is 16.2 Å². The van der Waals surface area contributed by atoms with E-state index in [-0.39, 0.29) is 24.8 Å². The fraction of sp³-hybridized carbons (Fsp3) is 0.417. The molecule has 8 nitrogen and oxygen atoms in total. The summed E-state index contributed by atoms with van der Waals surface area (Å²) in [7, 11) is -3.51. The largest absolute Gasteiger partial charge is 0.372 e. The summed E-state index contributed by atoms with van der Waals surface area (Å²) in [6.07, 6.45) is 3.15. The second-order valence-corrected chi connectivity index (χ2v) is 6.30. The maximum atomic E-state index is 11.6. The van der Waals surface area contributed by atoms with Crippen molar-refractivity contribution in [3.05, 3.63) is 24.0 Å². The highest BCUT2D eigenvalue weighted by Gasteiger charge is 2.26. The normalized spacial score (nSPS) is 19.2. The predicted molar refractivity (Wildman–Crippen MR) is 73.7 cm³/mol. The van der Waals surface area contributed by atoms with E-state index in [1.807, 2.05) is 0 Å². The van der Waals surface area contributed by atoms with Crippen LogP contribution in [0.25, 0.3) is 0 Å². The van der Waals surface area contributed by atoms with Crippen LogP contribution in [-0.2, 0) is 30.5 Å². The third kappa shape index (κ3) is 4.80. The summed E-state index contributed by atoms with van der Waals surface area (Å²) in [5.74, 6) is -0.639. The Morgan fingerprint density at radius 2 is 2.19 bits per heavy atom. The van der Waals surface area contributed by atoms with Gasteiger partial charge in [0, 0.05) is 6.42 Å².